The molecule has 0 aromatic carbocycles. The van der Waals surface area contributed by atoms with Crippen LogP contribution in [-0.4, -0.2) is 36.3 Å². The van der Waals surface area contributed by atoms with Gasteiger partial charge in [-0.05, 0) is 19.3 Å². The zero-order valence-electron chi connectivity index (χ0n) is 13.2. The van der Waals surface area contributed by atoms with E-state index in [-0.39, 0.29) is 13.0 Å². The van der Waals surface area contributed by atoms with Gasteiger partial charge in [0.25, 0.3) is 0 Å². The summed E-state index contributed by atoms with van der Waals surface area (Å²) in [6.45, 7) is 0.617. The number of alkyl halides is 5. The summed E-state index contributed by atoms with van der Waals surface area (Å²) in [6, 6.07) is 0. The van der Waals surface area contributed by atoms with Crippen molar-refractivity contribution in [3.05, 3.63) is 0 Å². The highest BCUT2D eigenvalue weighted by atomic mass is 19.4. The molecule has 0 spiro atoms. The predicted octanol–water partition coefficient (Wildman–Crippen LogP) is 4.19. The van der Waals surface area contributed by atoms with E-state index in [1.165, 1.54) is 0 Å². The third-order valence-electron chi connectivity index (χ3n) is 3.47. The molecule has 0 rings (SSSR count). The lowest BCUT2D eigenvalue weighted by Crippen LogP contribution is -2.36. The Bertz CT molecular complexity index is 321. The van der Waals surface area contributed by atoms with E-state index in [0.29, 0.717) is 6.54 Å². The van der Waals surface area contributed by atoms with Crippen LogP contribution >= 0.6 is 0 Å². The van der Waals surface area contributed by atoms with Crippen LogP contribution in [0.3, 0.4) is 0 Å². The molecule has 138 valence electrons. The quantitative estimate of drug-likeness (QED) is 0.388. The van der Waals surface area contributed by atoms with E-state index < -0.39 is 30.8 Å². The van der Waals surface area contributed by atoms with E-state index in [4.69, 9.17) is 5.11 Å². The molecule has 23 heavy (non-hydrogen) atoms. The van der Waals surface area contributed by atoms with E-state index in [1.807, 2.05) is 0 Å². The Morgan fingerprint density at radius 2 is 1.35 bits per heavy atom. The fraction of sp³-hybridized carbons (Fsp3) is 0.933. The van der Waals surface area contributed by atoms with Crippen LogP contribution in [0.2, 0.25) is 0 Å². The second kappa shape index (κ2) is 11.6. The monoisotopic (exact) mass is 347 g/mol. The standard InChI is InChI=1S/C15H26F5NO2/c16-14(17,15(18,19)20)10-8-9-13(23)21-11-6-4-2-1-3-5-7-12-22/h22H,1-12H2,(H,21,23). The van der Waals surface area contributed by atoms with E-state index in [0.717, 1.165) is 44.9 Å². The van der Waals surface area contributed by atoms with Crippen LogP contribution < -0.4 is 5.32 Å². The Balaban J connectivity index is 3.51. The number of hydrogen-bond acceptors (Lipinski definition) is 2. The molecule has 0 aliphatic rings. The lowest BCUT2D eigenvalue weighted by atomic mass is 10.1. The minimum absolute atomic E-state index is 0.209. The largest absolute Gasteiger partial charge is 0.453 e. The van der Waals surface area contributed by atoms with Crippen LogP contribution in [0.5, 0.6) is 0 Å². The SMILES string of the molecule is O=C(CCCC(F)(F)C(F)(F)F)NCCCCCCCCCO. The number of carbonyl (C=O) groups is 1. The molecule has 0 aromatic rings. The second-order valence-electron chi connectivity index (χ2n) is 5.60. The molecule has 0 radical (unpaired) electrons. The van der Waals surface area contributed by atoms with Crippen LogP contribution in [0.15, 0.2) is 0 Å². The Morgan fingerprint density at radius 1 is 0.826 bits per heavy atom. The average molecular weight is 347 g/mol. The van der Waals surface area contributed by atoms with Gasteiger partial charge in [-0.3, -0.25) is 4.79 Å². The summed E-state index contributed by atoms with van der Waals surface area (Å²) < 4.78 is 61.0. The number of carbonyl (C=O) groups excluding carboxylic acids is 1. The van der Waals surface area contributed by atoms with Gasteiger partial charge in [-0.15, -0.1) is 0 Å². The molecule has 2 N–H and O–H groups in total. The minimum atomic E-state index is -5.55. The average Bonchev–Trinajstić information content (AvgIpc) is 2.44. The van der Waals surface area contributed by atoms with Crippen LogP contribution in [0, 0.1) is 0 Å². The summed E-state index contributed by atoms with van der Waals surface area (Å²) in [5, 5.41) is 11.1. The Kier molecular flexibility index (Phi) is 11.1. The Hall–Kier alpha value is -0.920. The van der Waals surface area contributed by atoms with Crippen molar-refractivity contribution >= 4 is 5.91 Å². The normalized spacial score (nSPS) is 12.4. The first-order chi connectivity index (χ1) is 10.7. The van der Waals surface area contributed by atoms with Gasteiger partial charge in [0.05, 0.1) is 0 Å². The number of aliphatic hydroxyl groups is 1. The Morgan fingerprint density at radius 3 is 1.87 bits per heavy atom. The number of halogens is 5. The molecule has 0 saturated heterocycles. The zero-order valence-corrected chi connectivity index (χ0v) is 13.2. The lowest BCUT2D eigenvalue weighted by molar-refractivity contribution is -0.284. The van der Waals surface area contributed by atoms with Gasteiger partial charge in [0.1, 0.15) is 0 Å². The third kappa shape index (κ3) is 11.3. The molecule has 0 unspecified atom stereocenters. The van der Waals surface area contributed by atoms with Gasteiger partial charge in [0.15, 0.2) is 0 Å². The van der Waals surface area contributed by atoms with E-state index in [9.17, 15) is 26.7 Å². The Labute approximate surface area is 133 Å². The molecule has 3 nitrogen and oxygen atoms in total. The van der Waals surface area contributed by atoms with Crippen molar-refractivity contribution in [1.82, 2.24) is 5.32 Å². The van der Waals surface area contributed by atoms with Crippen molar-refractivity contribution in [3.8, 4) is 0 Å². The van der Waals surface area contributed by atoms with Gasteiger partial charge < -0.3 is 10.4 Å². The number of aliphatic hydroxyl groups excluding tert-OH is 1. The molecule has 0 fully saturated rings. The third-order valence-corrected chi connectivity index (χ3v) is 3.47. The van der Waals surface area contributed by atoms with Gasteiger partial charge in [0, 0.05) is 26.0 Å². The maximum Gasteiger partial charge on any atom is 0.453 e. The van der Waals surface area contributed by atoms with Crippen LogP contribution in [0.25, 0.3) is 0 Å². The molecule has 1 amide bonds. The van der Waals surface area contributed by atoms with Gasteiger partial charge in [-0.2, -0.15) is 22.0 Å². The van der Waals surface area contributed by atoms with Crippen LogP contribution in [0.1, 0.15) is 64.2 Å². The zero-order chi connectivity index (χ0) is 17.8. The fourth-order valence-electron chi connectivity index (χ4n) is 2.05. The molecule has 0 aliphatic heterocycles. The molecule has 8 heteroatoms. The number of hydrogen-bond donors (Lipinski definition) is 2. The summed E-state index contributed by atoms with van der Waals surface area (Å²) >= 11 is 0. The van der Waals surface area contributed by atoms with Gasteiger partial charge in [-0.1, -0.05) is 32.1 Å². The van der Waals surface area contributed by atoms with Crippen molar-refractivity contribution in [2.45, 2.75) is 76.3 Å². The molecular weight excluding hydrogens is 321 g/mol. The van der Waals surface area contributed by atoms with Crippen LogP contribution in [0.4, 0.5) is 22.0 Å². The highest BCUT2D eigenvalue weighted by Gasteiger charge is 2.56. The first-order valence-corrected chi connectivity index (χ1v) is 8.03. The number of unbranched alkanes of at least 4 members (excludes halogenated alkanes) is 6. The fourth-order valence-corrected chi connectivity index (χ4v) is 2.05. The van der Waals surface area contributed by atoms with Crippen LogP contribution in [-0.2, 0) is 4.79 Å². The molecule has 0 bridgehead atoms. The molecule has 0 saturated carbocycles. The smallest absolute Gasteiger partial charge is 0.396 e. The summed E-state index contributed by atoms with van der Waals surface area (Å²) in [5.74, 6) is -5.23. The van der Waals surface area contributed by atoms with Gasteiger partial charge in [-0.25, -0.2) is 0 Å². The molecule has 0 heterocycles. The predicted molar refractivity (Wildman–Crippen MR) is 77.3 cm³/mol. The minimum Gasteiger partial charge on any atom is -0.396 e. The lowest BCUT2D eigenvalue weighted by Gasteiger charge is -2.19. The highest BCUT2D eigenvalue weighted by molar-refractivity contribution is 5.75. The first-order valence-electron chi connectivity index (χ1n) is 8.03. The van der Waals surface area contributed by atoms with E-state index in [1.54, 1.807) is 0 Å². The topological polar surface area (TPSA) is 49.3 Å². The summed E-state index contributed by atoms with van der Waals surface area (Å²) in [6.07, 6.45) is -1.14. The van der Waals surface area contributed by atoms with Gasteiger partial charge >= 0.3 is 12.1 Å². The summed E-state index contributed by atoms with van der Waals surface area (Å²) in [5.41, 5.74) is 0. The second-order valence-corrected chi connectivity index (χ2v) is 5.60. The van der Waals surface area contributed by atoms with Gasteiger partial charge in [0.2, 0.25) is 5.91 Å². The molecular formula is C15H26F5NO2. The first kappa shape index (κ1) is 22.1. The van der Waals surface area contributed by atoms with Crippen molar-refractivity contribution in [3.63, 3.8) is 0 Å². The number of amides is 1. The number of nitrogens with one attached hydrogen (secondary N) is 1. The van der Waals surface area contributed by atoms with E-state index in [2.05, 4.69) is 5.32 Å². The van der Waals surface area contributed by atoms with Crippen molar-refractivity contribution < 1.29 is 31.9 Å². The molecule has 0 atom stereocenters. The van der Waals surface area contributed by atoms with E-state index >= 15 is 0 Å². The van der Waals surface area contributed by atoms with Crippen molar-refractivity contribution in [2.24, 2.45) is 0 Å². The highest BCUT2D eigenvalue weighted by Crippen LogP contribution is 2.38. The summed E-state index contributed by atoms with van der Waals surface area (Å²) in [7, 11) is 0. The maximum atomic E-state index is 12.6. The molecule has 0 aromatic heterocycles. The number of rotatable bonds is 13. The van der Waals surface area contributed by atoms with Crippen molar-refractivity contribution in [2.75, 3.05) is 13.2 Å². The maximum absolute atomic E-state index is 12.6. The van der Waals surface area contributed by atoms with Crippen molar-refractivity contribution in [1.29, 1.82) is 0 Å². The molecule has 0 aliphatic carbocycles. The summed E-state index contributed by atoms with van der Waals surface area (Å²) in [4.78, 5) is 11.3.